The molecule has 9 rings (SSSR count). The van der Waals surface area contributed by atoms with E-state index in [-0.39, 0.29) is 0 Å². The molecule has 6 aromatic carbocycles. The highest BCUT2D eigenvalue weighted by atomic mass is 16.3. The predicted octanol–water partition coefficient (Wildman–Crippen LogP) is 8.94. The summed E-state index contributed by atoms with van der Waals surface area (Å²) in [5, 5.41) is 12.9. The average molecular weight is 553 g/mol. The number of benzene rings is 6. The second-order valence-electron chi connectivity index (χ2n) is 10.9. The van der Waals surface area contributed by atoms with Crippen LogP contribution in [0.15, 0.2) is 148 Å². The van der Waals surface area contributed by atoms with Crippen LogP contribution in [0.1, 0.15) is 22.9 Å². The number of hydrogen-bond acceptors (Lipinski definition) is 5. The molecule has 0 saturated carbocycles. The number of fused-ring (bicyclic) bond motifs is 8. The minimum absolute atomic E-state index is 0.397. The number of nitrogens with zero attached hydrogens (tertiary/aromatic N) is 3. The highest BCUT2D eigenvalue weighted by Gasteiger charge is 2.23. The predicted molar refractivity (Wildman–Crippen MR) is 176 cm³/mol. The van der Waals surface area contributed by atoms with Crippen molar-refractivity contribution < 1.29 is 4.42 Å². The van der Waals surface area contributed by atoms with Crippen LogP contribution in [-0.4, -0.2) is 16.7 Å². The van der Waals surface area contributed by atoms with Gasteiger partial charge in [0.25, 0.3) is 0 Å². The molecule has 1 unspecified atom stereocenters. The van der Waals surface area contributed by atoms with Crippen molar-refractivity contribution in [2.75, 3.05) is 0 Å². The van der Waals surface area contributed by atoms with E-state index >= 15 is 0 Å². The Kier molecular flexibility index (Phi) is 5.19. The van der Waals surface area contributed by atoms with Crippen LogP contribution in [0.2, 0.25) is 0 Å². The Balaban J connectivity index is 1.23. The fourth-order valence-electron chi connectivity index (χ4n) is 6.33. The lowest BCUT2D eigenvalue weighted by Gasteiger charge is -2.23. The van der Waals surface area contributed by atoms with E-state index in [9.17, 15) is 0 Å². The van der Waals surface area contributed by atoms with Crippen molar-refractivity contribution in [3.8, 4) is 0 Å². The standard InChI is InChI=1S/C38H24N4O/c1-2-9-25(10-3-1)35-40-36(42-37(41-35)30-12-6-14-33-34(30)31-13-7-21-39-38(31)43-33)26-16-15-24-18-19-28-27-11-5-4-8-23(27)17-20-29(28)32(24)22-26/h1-22,35H,(H,40,41,42). The van der Waals surface area contributed by atoms with Crippen LogP contribution in [0.25, 0.3) is 54.4 Å². The quantitative estimate of drug-likeness (QED) is 0.223. The topological polar surface area (TPSA) is 62.8 Å². The van der Waals surface area contributed by atoms with Gasteiger partial charge in [0.2, 0.25) is 5.71 Å². The third-order valence-electron chi connectivity index (χ3n) is 8.38. The van der Waals surface area contributed by atoms with Crippen molar-refractivity contribution in [1.82, 2.24) is 10.3 Å². The zero-order valence-corrected chi connectivity index (χ0v) is 23.0. The van der Waals surface area contributed by atoms with Gasteiger partial charge in [-0.3, -0.25) is 0 Å². The first-order valence-corrected chi connectivity index (χ1v) is 14.4. The minimum atomic E-state index is -0.397. The van der Waals surface area contributed by atoms with Gasteiger partial charge in [-0.05, 0) is 62.1 Å². The second kappa shape index (κ2) is 9.36. The van der Waals surface area contributed by atoms with Gasteiger partial charge in [0, 0.05) is 28.1 Å². The molecule has 5 nitrogen and oxygen atoms in total. The second-order valence-corrected chi connectivity index (χ2v) is 10.9. The smallest absolute Gasteiger partial charge is 0.227 e. The Morgan fingerprint density at radius 3 is 2.21 bits per heavy atom. The van der Waals surface area contributed by atoms with Crippen LogP contribution in [0.4, 0.5) is 0 Å². The molecule has 43 heavy (non-hydrogen) atoms. The molecule has 1 aliphatic heterocycles. The molecule has 0 saturated heterocycles. The molecule has 2 aromatic heterocycles. The molecule has 8 aromatic rings. The van der Waals surface area contributed by atoms with Gasteiger partial charge in [-0.15, -0.1) is 0 Å². The third kappa shape index (κ3) is 3.82. The zero-order chi connectivity index (χ0) is 28.3. The summed E-state index contributed by atoms with van der Waals surface area (Å²) in [5.74, 6) is 1.53. The highest BCUT2D eigenvalue weighted by molar-refractivity contribution is 6.24. The summed E-state index contributed by atoms with van der Waals surface area (Å²) >= 11 is 0. The average Bonchev–Trinajstić information content (AvgIpc) is 3.47. The first kappa shape index (κ1) is 23.9. The summed E-state index contributed by atoms with van der Waals surface area (Å²) in [6, 6.07) is 44.3. The van der Waals surface area contributed by atoms with E-state index in [0.717, 1.165) is 44.7 Å². The first-order chi connectivity index (χ1) is 21.3. The van der Waals surface area contributed by atoms with E-state index in [1.54, 1.807) is 6.20 Å². The minimum Gasteiger partial charge on any atom is -0.438 e. The fourth-order valence-corrected chi connectivity index (χ4v) is 6.33. The van der Waals surface area contributed by atoms with Crippen LogP contribution in [0.5, 0.6) is 0 Å². The number of aromatic nitrogens is 1. The summed E-state index contributed by atoms with van der Waals surface area (Å²) in [4.78, 5) is 14.7. The molecule has 0 radical (unpaired) electrons. The Labute approximate surface area is 246 Å². The van der Waals surface area contributed by atoms with Crippen LogP contribution >= 0.6 is 0 Å². The van der Waals surface area contributed by atoms with E-state index in [1.165, 1.54) is 32.3 Å². The van der Waals surface area contributed by atoms with Gasteiger partial charge in [-0.25, -0.2) is 15.0 Å². The summed E-state index contributed by atoms with van der Waals surface area (Å²) in [7, 11) is 0. The zero-order valence-electron chi connectivity index (χ0n) is 23.0. The number of hydrogen-bond donors (Lipinski definition) is 1. The summed E-state index contributed by atoms with van der Waals surface area (Å²) in [5.41, 5.74) is 4.38. The molecule has 1 aliphatic rings. The number of pyridine rings is 1. The summed E-state index contributed by atoms with van der Waals surface area (Å²) in [6.45, 7) is 0. The molecular weight excluding hydrogens is 528 g/mol. The summed E-state index contributed by atoms with van der Waals surface area (Å²) < 4.78 is 6.10. The number of aliphatic imine (C=N–C) groups is 2. The molecule has 202 valence electrons. The lowest BCUT2D eigenvalue weighted by Crippen LogP contribution is -2.36. The van der Waals surface area contributed by atoms with E-state index in [4.69, 9.17) is 14.4 Å². The van der Waals surface area contributed by atoms with Gasteiger partial charge in [0.1, 0.15) is 17.3 Å². The molecule has 1 N–H and O–H groups in total. The Morgan fingerprint density at radius 1 is 0.558 bits per heavy atom. The Morgan fingerprint density at radius 2 is 1.30 bits per heavy atom. The molecule has 0 aliphatic carbocycles. The number of furan rings is 1. The molecule has 0 bridgehead atoms. The first-order valence-electron chi connectivity index (χ1n) is 14.4. The number of amidine groups is 2. The molecule has 5 heteroatoms. The van der Waals surface area contributed by atoms with Gasteiger partial charge in [-0.2, -0.15) is 0 Å². The van der Waals surface area contributed by atoms with E-state index in [1.807, 2.05) is 42.5 Å². The van der Waals surface area contributed by atoms with Gasteiger partial charge < -0.3 is 9.73 Å². The lowest BCUT2D eigenvalue weighted by molar-refractivity contribution is 0.654. The van der Waals surface area contributed by atoms with Gasteiger partial charge in [0.15, 0.2) is 6.17 Å². The van der Waals surface area contributed by atoms with Crippen LogP contribution in [-0.2, 0) is 0 Å². The molecule has 1 atom stereocenters. The maximum Gasteiger partial charge on any atom is 0.227 e. The van der Waals surface area contributed by atoms with Gasteiger partial charge >= 0.3 is 0 Å². The number of rotatable bonds is 3. The molecule has 0 spiro atoms. The van der Waals surface area contributed by atoms with E-state index in [0.29, 0.717) is 5.71 Å². The van der Waals surface area contributed by atoms with E-state index < -0.39 is 6.17 Å². The highest BCUT2D eigenvalue weighted by Crippen LogP contribution is 2.34. The third-order valence-corrected chi connectivity index (χ3v) is 8.38. The molecule has 3 heterocycles. The van der Waals surface area contributed by atoms with Crippen molar-refractivity contribution >= 4 is 66.1 Å². The largest absolute Gasteiger partial charge is 0.438 e. The molecule has 0 amide bonds. The summed E-state index contributed by atoms with van der Waals surface area (Å²) in [6.07, 6.45) is 1.36. The SMILES string of the molecule is c1ccc(C2N=C(c3ccc4ccc5c6ccccc6ccc5c4c3)NC(c3cccc4oc5ncccc5c34)=N2)cc1. The maximum atomic E-state index is 6.10. The van der Waals surface area contributed by atoms with Crippen LogP contribution in [0.3, 0.4) is 0 Å². The monoisotopic (exact) mass is 552 g/mol. The maximum absolute atomic E-state index is 6.10. The van der Waals surface area contributed by atoms with E-state index in [2.05, 4.69) is 95.2 Å². The normalized spacial score (nSPS) is 15.2. The van der Waals surface area contributed by atoms with Crippen LogP contribution < -0.4 is 5.32 Å². The Bertz CT molecular complexity index is 2440. The lowest BCUT2D eigenvalue weighted by atomic mass is 9.95. The molecule has 0 fully saturated rings. The Hall–Kier alpha value is -5.81. The van der Waals surface area contributed by atoms with Gasteiger partial charge in [-0.1, -0.05) is 103 Å². The molecular formula is C38H24N4O. The van der Waals surface area contributed by atoms with Crippen molar-refractivity contribution in [2.45, 2.75) is 6.17 Å². The van der Waals surface area contributed by atoms with Crippen molar-refractivity contribution in [1.29, 1.82) is 0 Å². The van der Waals surface area contributed by atoms with Crippen LogP contribution in [0, 0.1) is 0 Å². The van der Waals surface area contributed by atoms with Crippen molar-refractivity contribution in [3.05, 3.63) is 150 Å². The van der Waals surface area contributed by atoms with Crippen molar-refractivity contribution in [3.63, 3.8) is 0 Å². The number of nitrogens with one attached hydrogen (secondary N) is 1. The van der Waals surface area contributed by atoms with Gasteiger partial charge in [0.05, 0.1) is 0 Å². The van der Waals surface area contributed by atoms with Crippen molar-refractivity contribution in [2.24, 2.45) is 9.98 Å². The fraction of sp³-hybridized carbons (Fsp3) is 0.0263.